The zero-order valence-electron chi connectivity index (χ0n) is 9.18. The van der Waals surface area contributed by atoms with E-state index < -0.39 is 0 Å². The van der Waals surface area contributed by atoms with Crippen LogP contribution in [0.4, 0.5) is 11.6 Å². The van der Waals surface area contributed by atoms with Gasteiger partial charge in [0.15, 0.2) is 0 Å². The zero-order valence-corrected chi connectivity index (χ0v) is 9.18. The monoisotopic (exact) mass is 221 g/mol. The summed E-state index contributed by atoms with van der Waals surface area (Å²) in [5, 5.41) is 0. The van der Waals surface area contributed by atoms with Crippen molar-refractivity contribution < 1.29 is 4.79 Å². The quantitative estimate of drug-likeness (QED) is 0.713. The van der Waals surface area contributed by atoms with Crippen molar-refractivity contribution in [3.8, 4) is 0 Å². The van der Waals surface area contributed by atoms with Crippen molar-refractivity contribution in [1.29, 1.82) is 0 Å². The Morgan fingerprint density at radius 3 is 2.88 bits per heavy atom. The van der Waals surface area contributed by atoms with Gasteiger partial charge in [0.05, 0.1) is 5.92 Å². The third-order valence-corrected chi connectivity index (χ3v) is 2.76. The van der Waals surface area contributed by atoms with Gasteiger partial charge in [0.1, 0.15) is 17.5 Å². The van der Waals surface area contributed by atoms with Crippen LogP contribution >= 0.6 is 0 Å². The number of hydrogen-bond acceptors (Lipinski definition) is 5. The Morgan fingerprint density at radius 1 is 1.56 bits per heavy atom. The Balaban J connectivity index is 2.17. The van der Waals surface area contributed by atoms with Crippen LogP contribution in [0.2, 0.25) is 0 Å². The first-order chi connectivity index (χ1) is 7.56. The van der Waals surface area contributed by atoms with Gasteiger partial charge in [0.2, 0.25) is 5.91 Å². The molecule has 1 saturated heterocycles. The lowest BCUT2D eigenvalue weighted by Gasteiger charge is -2.17. The van der Waals surface area contributed by atoms with Gasteiger partial charge in [-0.15, -0.1) is 0 Å². The van der Waals surface area contributed by atoms with Gasteiger partial charge in [0.25, 0.3) is 0 Å². The minimum Gasteiger partial charge on any atom is -0.384 e. The molecule has 1 amide bonds. The molecule has 0 bridgehead atoms. The molecule has 1 fully saturated rings. The van der Waals surface area contributed by atoms with Crippen LogP contribution in [0.25, 0.3) is 0 Å². The summed E-state index contributed by atoms with van der Waals surface area (Å²) < 4.78 is 0. The number of nitrogens with two attached hydrogens (primary N) is 2. The molecular weight excluding hydrogens is 206 g/mol. The fourth-order valence-corrected chi connectivity index (χ4v) is 1.94. The molecule has 0 aliphatic carbocycles. The van der Waals surface area contributed by atoms with Gasteiger partial charge in [-0.05, 0) is 13.3 Å². The predicted molar refractivity (Wildman–Crippen MR) is 60.7 cm³/mol. The van der Waals surface area contributed by atoms with Crippen molar-refractivity contribution in [1.82, 2.24) is 9.97 Å². The molecule has 2 rings (SSSR count). The maximum Gasteiger partial charge on any atom is 0.222 e. The lowest BCUT2D eigenvalue weighted by Crippen LogP contribution is -2.27. The van der Waals surface area contributed by atoms with Crippen LogP contribution in [0, 0.1) is 12.8 Å². The second-order valence-electron chi connectivity index (χ2n) is 4.03. The molecule has 6 heteroatoms. The highest BCUT2D eigenvalue weighted by Gasteiger charge is 2.27. The van der Waals surface area contributed by atoms with Gasteiger partial charge in [-0.25, -0.2) is 9.97 Å². The number of anilines is 2. The molecule has 1 aromatic rings. The van der Waals surface area contributed by atoms with E-state index in [9.17, 15) is 4.79 Å². The van der Waals surface area contributed by atoms with Crippen molar-refractivity contribution in [3.05, 3.63) is 11.9 Å². The van der Waals surface area contributed by atoms with Crippen molar-refractivity contribution in [3.63, 3.8) is 0 Å². The number of nitrogens with zero attached hydrogens (tertiary/aromatic N) is 3. The topological polar surface area (TPSA) is 98.1 Å². The fourth-order valence-electron chi connectivity index (χ4n) is 1.94. The minimum absolute atomic E-state index is 0.0866. The average molecular weight is 221 g/mol. The van der Waals surface area contributed by atoms with Crippen LogP contribution in [-0.4, -0.2) is 29.0 Å². The first-order valence-electron chi connectivity index (χ1n) is 5.21. The summed E-state index contributed by atoms with van der Waals surface area (Å²) in [5.41, 5.74) is 10.9. The van der Waals surface area contributed by atoms with E-state index >= 15 is 0 Å². The first-order valence-corrected chi connectivity index (χ1v) is 5.21. The van der Waals surface area contributed by atoms with Crippen molar-refractivity contribution in [2.24, 2.45) is 11.7 Å². The molecule has 1 aromatic heterocycles. The highest BCUT2D eigenvalue weighted by molar-refractivity contribution is 5.78. The summed E-state index contributed by atoms with van der Waals surface area (Å²) in [7, 11) is 0. The Bertz CT molecular complexity index is 399. The van der Waals surface area contributed by atoms with Crippen LogP contribution < -0.4 is 16.4 Å². The van der Waals surface area contributed by atoms with Gasteiger partial charge >= 0.3 is 0 Å². The number of rotatable bonds is 2. The lowest BCUT2D eigenvalue weighted by atomic mass is 10.1. The molecule has 0 radical (unpaired) electrons. The van der Waals surface area contributed by atoms with Crippen molar-refractivity contribution in [2.75, 3.05) is 23.7 Å². The Morgan fingerprint density at radius 2 is 2.31 bits per heavy atom. The number of aryl methyl sites for hydroxylation is 1. The molecule has 1 aliphatic rings. The molecule has 0 spiro atoms. The molecule has 4 N–H and O–H groups in total. The minimum atomic E-state index is -0.249. The van der Waals surface area contributed by atoms with Crippen LogP contribution in [-0.2, 0) is 4.79 Å². The number of nitrogen functional groups attached to an aromatic ring is 1. The molecule has 1 unspecified atom stereocenters. The number of aromatic nitrogens is 2. The fraction of sp³-hybridized carbons (Fsp3) is 0.500. The number of carbonyl (C=O) groups excluding carboxylic acids is 1. The number of amides is 1. The molecule has 16 heavy (non-hydrogen) atoms. The number of carbonyl (C=O) groups is 1. The molecule has 1 aliphatic heterocycles. The Hall–Kier alpha value is -1.85. The Labute approximate surface area is 93.7 Å². The highest BCUT2D eigenvalue weighted by Crippen LogP contribution is 2.22. The molecule has 2 heterocycles. The summed E-state index contributed by atoms with van der Waals surface area (Å²) in [4.78, 5) is 21.4. The van der Waals surface area contributed by atoms with E-state index in [0.717, 1.165) is 18.8 Å². The van der Waals surface area contributed by atoms with Crippen LogP contribution in [0.15, 0.2) is 6.07 Å². The Kier molecular flexibility index (Phi) is 2.64. The lowest BCUT2D eigenvalue weighted by molar-refractivity contribution is -0.121. The normalized spacial score (nSPS) is 20.1. The predicted octanol–water partition coefficient (Wildman–Crippen LogP) is -0.321. The summed E-state index contributed by atoms with van der Waals surface area (Å²) in [6.45, 7) is 3.19. The maximum absolute atomic E-state index is 11.1. The van der Waals surface area contributed by atoms with Crippen molar-refractivity contribution in [2.45, 2.75) is 13.3 Å². The highest BCUT2D eigenvalue weighted by atomic mass is 16.1. The summed E-state index contributed by atoms with van der Waals surface area (Å²) in [5.74, 6) is 1.52. The van der Waals surface area contributed by atoms with Gasteiger partial charge in [-0.3, -0.25) is 4.79 Å². The summed E-state index contributed by atoms with van der Waals surface area (Å²) in [6.07, 6.45) is 0.776. The molecule has 6 nitrogen and oxygen atoms in total. The smallest absolute Gasteiger partial charge is 0.222 e. The average Bonchev–Trinajstić information content (AvgIpc) is 2.64. The van der Waals surface area contributed by atoms with Crippen LogP contribution in [0.3, 0.4) is 0 Å². The third-order valence-electron chi connectivity index (χ3n) is 2.76. The van der Waals surface area contributed by atoms with E-state index in [1.165, 1.54) is 0 Å². The second kappa shape index (κ2) is 3.96. The standard InChI is InChI=1S/C10H15N5O/c1-6-13-8(11)4-9(14-6)15-3-2-7(5-15)10(12)16/h4,7H,2-3,5H2,1H3,(H2,12,16)(H2,11,13,14). The molecule has 1 atom stereocenters. The van der Waals surface area contributed by atoms with E-state index in [2.05, 4.69) is 9.97 Å². The zero-order chi connectivity index (χ0) is 11.7. The maximum atomic E-state index is 11.1. The first kappa shape index (κ1) is 10.7. The molecular formula is C10H15N5O. The SMILES string of the molecule is Cc1nc(N)cc(N2CCC(C(N)=O)C2)n1. The van der Waals surface area contributed by atoms with E-state index in [-0.39, 0.29) is 11.8 Å². The molecule has 0 aromatic carbocycles. The van der Waals surface area contributed by atoms with Gasteiger partial charge < -0.3 is 16.4 Å². The summed E-state index contributed by atoms with van der Waals surface area (Å²) in [6, 6.07) is 1.72. The number of primary amides is 1. The van der Waals surface area contributed by atoms with Crippen LogP contribution in [0.1, 0.15) is 12.2 Å². The largest absolute Gasteiger partial charge is 0.384 e. The van der Waals surface area contributed by atoms with Gasteiger partial charge in [0, 0.05) is 19.2 Å². The van der Waals surface area contributed by atoms with E-state index in [4.69, 9.17) is 11.5 Å². The van der Waals surface area contributed by atoms with E-state index in [1.807, 2.05) is 4.90 Å². The second-order valence-corrected chi connectivity index (χ2v) is 4.03. The molecule has 86 valence electrons. The summed E-state index contributed by atoms with van der Waals surface area (Å²) >= 11 is 0. The van der Waals surface area contributed by atoms with E-state index in [1.54, 1.807) is 13.0 Å². The third kappa shape index (κ3) is 2.05. The van der Waals surface area contributed by atoms with E-state index in [0.29, 0.717) is 18.2 Å². The van der Waals surface area contributed by atoms with Crippen molar-refractivity contribution >= 4 is 17.5 Å². The molecule has 0 saturated carbocycles. The van der Waals surface area contributed by atoms with Gasteiger partial charge in [-0.2, -0.15) is 0 Å². The number of hydrogen-bond donors (Lipinski definition) is 2. The van der Waals surface area contributed by atoms with Crippen LogP contribution in [0.5, 0.6) is 0 Å². The van der Waals surface area contributed by atoms with Gasteiger partial charge in [-0.1, -0.05) is 0 Å².